The van der Waals surface area contributed by atoms with Gasteiger partial charge in [0.1, 0.15) is 0 Å². The van der Waals surface area contributed by atoms with Crippen molar-refractivity contribution in [1.82, 2.24) is 4.42 Å². The van der Waals surface area contributed by atoms with Gasteiger partial charge in [-0.25, -0.2) is 4.42 Å². The van der Waals surface area contributed by atoms with Gasteiger partial charge in [0.15, 0.2) is 16.0 Å². The van der Waals surface area contributed by atoms with Gasteiger partial charge in [0.2, 0.25) is 5.27 Å². The number of hydrogen-bond acceptors (Lipinski definition) is 1. The third-order valence-electron chi connectivity index (χ3n) is 4.36. The molecule has 0 aromatic carbocycles. The van der Waals surface area contributed by atoms with Crippen LogP contribution in [0, 0.1) is 0 Å². The molecule has 0 amide bonds. The van der Waals surface area contributed by atoms with E-state index in [-0.39, 0.29) is 52.1 Å². The number of quaternary nitrogens is 3. The molecule has 36 heavy (non-hydrogen) atoms. The van der Waals surface area contributed by atoms with Gasteiger partial charge < -0.3 is 15.9 Å². The predicted octanol–water partition coefficient (Wildman–Crippen LogP) is -2.31. The van der Waals surface area contributed by atoms with Gasteiger partial charge >= 0.3 is 29.6 Å². The molecule has 0 aliphatic rings. The Morgan fingerprint density at radius 1 is 0.611 bits per heavy atom. The molecule has 0 unspecified atom stereocenters. The van der Waals surface area contributed by atoms with Crippen molar-refractivity contribution < 1.29 is 45.4 Å². The summed E-state index contributed by atoms with van der Waals surface area (Å²) in [6.07, 6.45) is 0. The van der Waals surface area contributed by atoms with E-state index in [1.54, 1.807) is 9.23 Å². The molecule has 0 saturated heterocycles. The van der Waals surface area contributed by atoms with Gasteiger partial charge in [-0.3, -0.25) is 22.4 Å². The normalized spacial score (nSPS) is 11.0. The molecule has 219 valence electrons. The standard InChI is InChI=1S/C6H17BIN.2C6H18BN.C6H14ClN.CH4.B.Na.H/c1-5(2)9(7-8)6(3)4;3*1-5(2)8(7)6(3)4;;;;/h5-6,9H,7H2,1-4H3;2*5-6,8H,1-4,7H3;5-6H,1-4H3;1H4;;;/q;;;;;;+1;-1. The minimum atomic E-state index is 0. The second-order valence-electron chi connectivity index (χ2n) is 10.7. The Bertz CT molecular complexity index is 355. The largest absolute Gasteiger partial charge is 1.00 e. The Labute approximate surface area is 278 Å². The maximum absolute atomic E-state index is 5.78. The fraction of sp³-hybridized carbons (Fsp3) is 1.00. The molecule has 3 radical (unpaired) electrons. The van der Waals surface area contributed by atoms with E-state index in [0.29, 0.717) is 28.0 Å². The van der Waals surface area contributed by atoms with E-state index in [2.05, 4.69) is 133 Å². The van der Waals surface area contributed by atoms with Crippen LogP contribution >= 0.6 is 34.2 Å². The van der Waals surface area contributed by atoms with Crippen molar-refractivity contribution in [3.05, 3.63) is 0 Å². The van der Waals surface area contributed by atoms with Gasteiger partial charge in [0, 0.05) is 56.7 Å². The molecule has 0 bridgehead atoms. The first-order valence-corrected chi connectivity index (χ1v) is 15.0. The molecule has 4 nitrogen and oxygen atoms in total. The molecule has 3 N–H and O–H groups in total. The molecule has 0 aliphatic carbocycles. The van der Waals surface area contributed by atoms with Crippen LogP contribution in [0.2, 0.25) is 0 Å². The summed E-state index contributed by atoms with van der Waals surface area (Å²) in [7, 11) is 1.02. The molecule has 0 fully saturated rings. The molecule has 0 heterocycles. The van der Waals surface area contributed by atoms with Crippen LogP contribution in [0.15, 0.2) is 0 Å². The van der Waals surface area contributed by atoms with Crippen molar-refractivity contribution in [2.75, 3.05) is 0 Å². The summed E-state index contributed by atoms with van der Waals surface area (Å²) >= 11 is 8.35. The topological polar surface area (TPSA) is 16.6 Å². The summed E-state index contributed by atoms with van der Waals surface area (Å²) in [5.74, 6) is 0. The minimum Gasteiger partial charge on any atom is -1.00 e. The molecular weight excluding hydrogens is 585 g/mol. The summed E-state index contributed by atoms with van der Waals surface area (Å²) in [4.78, 5) is 5.51. The zero-order chi connectivity index (χ0) is 27.6. The van der Waals surface area contributed by atoms with Crippen LogP contribution < -0.4 is 44.0 Å². The van der Waals surface area contributed by atoms with E-state index in [1.165, 1.54) is 0 Å². The molecule has 0 atom stereocenters. The maximum atomic E-state index is 5.78. The van der Waals surface area contributed by atoms with Gasteiger partial charge in [0.05, 0.1) is 0 Å². The average molecular weight is 657 g/mol. The first-order valence-electron chi connectivity index (χ1n) is 12.5. The third-order valence-corrected chi connectivity index (χ3v) is 6.39. The van der Waals surface area contributed by atoms with E-state index in [9.17, 15) is 0 Å². The van der Waals surface area contributed by atoms with E-state index in [0.717, 1.165) is 36.3 Å². The van der Waals surface area contributed by atoms with Crippen molar-refractivity contribution in [3.63, 3.8) is 0 Å². The molecule has 11 heteroatoms. The van der Waals surface area contributed by atoms with E-state index < -0.39 is 0 Å². The van der Waals surface area contributed by atoms with Crippen LogP contribution in [0.3, 0.4) is 0 Å². The molecule has 0 aromatic heterocycles. The van der Waals surface area contributed by atoms with E-state index >= 15 is 0 Å². The average Bonchev–Trinajstić information content (AvgIpc) is 2.66. The second kappa shape index (κ2) is 31.6. The molecule has 0 aliphatic heterocycles. The van der Waals surface area contributed by atoms with Crippen molar-refractivity contribution >= 4 is 63.8 Å². The third kappa shape index (κ3) is 34.1. The summed E-state index contributed by atoms with van der Waals surface area (Å²) < 4.78 is 1.81. The Hall–Kier alpha value is 2.12. The Kier molecular flexibility index (Phi) is 47.7. The van der Waals surface area contributed by atoms with Crippen molar-refractivity contribution in [1.29, 1.82) is 0 Å². The fourth-order valence-corrected chi connectivity index (χ4v) is 5.52. The van der Waals surface area contributed by atoms with Gasteiger partial charge in [-0.15, -0.1) is 0 Å². The number of rotatable bonds is 9. The molecule has 0 rings (SSSR count). The van der Waals surface area contributed by atoms with Crippen molar-refractivity contribution in [3.8, 4) is 0 Å². The van der Waals surface area contributed by atoms with Crippen molar-refractivity contribution in [2.24, 2.45) is 0 Å². The van der Waals surface area contributed by atoms with Gasteiger partial charge in [-0.05, 0) is 123 Å². The van der Waals surface area contributed by atoms with Crippen LogP contribution in [-0.2, 0) is 0 Å². The second-order valence-corrected chi connectivity index (χ2v) is 12.2. The van der Waals surface area contributed by atoms with Crippen molar-refractivity contribution in [2.45, 2.75) is 167 Å². The van der Waals surface area contributed by atoms with E-state index in [4.69, 9.17) is 11.8 Å². The summed E-state index contributed by atoms with van der Waals surface area (Å²) in [6.45, 7) is 36.0. The number of hydrogen-bond donors (Lipinski definition) is 3. The van der Waals surface area contributed by atoms with Crippen LogP contribution in [0.4, 0.5) is 0 Å². The zero-order valence-electron chi connectivity index (χ0n) is 26.9. The Morgan fingerprint density at radius 2 is 0.806 bits per heavy atom. The van der Waals surface area contributed by atoms with Gasteiger partial charge in [-0.1, -0.05) is 7.43 Å². The quantitative estimate of drug-likeness (QED) is 0.145. The SMILES string of the molecule is C.CC(C)N(Cl)C(C)C.CC(C)[NH+]([BH2-]I)C(C)C.[BH3-][NH+](C(C)C)C(C)C.[BH3-][NH+](C(C)C)C(C)C.[B].[H-].[Na+]. The number of nitrogens with one attached hydrogen (secondary N) is 3. The minimum absolute atomic E-state index is 0. The first-order chi connectivity index (χ1) is 14.8. The zero-order valence-corrected chi connectivity index (χ0v) is 30.8. The number of nitrogens with zero attached hydrogens (tertiary/aromatic N) is 1. The predicted molar refractivity (Wildman–Crippen MR) is 188 cm³/mol. The summed E-state index contributed by atoms with van der Waals surface area (Å²) in [5, 5.41) is 0.229. The number of halogens is 2. The first kappa shape index (κ1) is 54.2. The molecule has 0 aromatic rings. The maximum Gasteiger partial charge on any atom is 1.00 e. The van der Waals surface area contributed by atoms with Gasteiger partial charge in [-0.2, -0.15) is 0 Å². The van der Waals surface area contributed by atoms with Crippen LogP contribution in [0.25, 0.3) is 0 Å². The van der Waals surface area contributed by atoms with E-state index in [1.807, 2.05) is 9.62 Å². The monoisotopic (exact) mass is 657 g/mol. The fourth-order valence-electron chi connectivity index (χ4n) is 3.03. The van der Waals surface area contributed by atoms with Crippen LogP contribution in [0.5, 0.6) is 0 Å². The molecule has 0 saturated carbocycles. The summed E-state index contributed by atoms with van der Waals surface area (Å²) in [5.41, 5.74) is 0. The Morgan fingerprint density at radius 3 is 0.806 bits per heavy atom. The molecular formula is C25H72B4ClIN4Na. The summed E-state index contributed by atoms with van der Waals surface area (Å²) in [6, 6.07) is 6.01. The van der Waals surface area contributed by atoms with Crippen LogP contribution in [0.1, 0.15) is 120 Å². The van der Waals surface area contributed by atoms with Gasteiger partial charge in [0.25, 0.3) is 0 Å². The molecule has 0 spiro atoms. The Balaban J connectivity index is -0.0000000488. The smallest absolute Gasteiger partial charge is 1.00 e. The van der Waals surface area contributed by atoms with Crippen LogP contribution in [-0.4, -0.2) is 82.4 Å².